The van der Waals surface area contributed by atoms with Crippen molar-refractivity contribution >= 4 is 17.9 Å². The number of unbranched alkanes of at least 4 members (excludes halogenated alkanes) is 17. The zero-order chi connectivity index (χ0) is 43.0. The van der Waals surface area contributed by atoms with E-state index in [1.54, 1.807) is 0 Å². The maximum atomic E-state index is 12.7. The van der Waals surface area contributed by atoms with Crippen LogP contribution < -0.4 is 0 Å². The van der Waals surface area contributed by atoms with Crippen LogP contribution in [0.2, 0.25) is 0 Å². The fraction of sp³-hybridized carbons (Fsp3) is 0.679. The third kappa shape index (κ3) is 45.5. The summed E-state index contributed by atoms with van der Waals surface area (Å²) in [4.78, 5) is 37.8. The van der Waals surface area contributed by atoms with Crippen LogP contribution in [0.4, 0.5) is 0 Å². The number of carbonyl (C=O) groups is 3. The summed E-state index contributed by atoms with van der Waals surface area (Å²) < 4.78 is 16.7. The highest BCUT2D eigenvalue weighted by atomic mass is 16.6. The summed E-state index contributed by atoms with van der Waals surface area (Å²) >= 11 is 0. The van der Waals surface area contributed by atoms with Gasteiger partial charge in [-0.05, 0) is 83.5 Å². The average Bonchev–Trinajstić information content (AvgIpc) is 3.23. The molecule has 0 aliphatic rings. The maximum Gasteiger partial charge on any atom is 0.306 e. The predicted octanol–water partition coefficient (Wildman–Crippen LogP) is 15.6. The molecule has 0 aliphatic heterocycles. The molecular weight excluding hydrogens is 733 g/mol. The molecule has 0 aromatic carbocycles. The highest BCUT2D eigenvalue weighted by molar-refractivity contribution is 5.71. The van der Waals surface area contributed by atoms with Crippen molar-refractivity contribution in [2.45, 2.75) is 219 Å². The minimum absolute atomic E-state index is 0.0995. The summed E-state index contributed by atoms with van der Waals surface area (Å²) in [7, 11) is 0. The van der Waals surface area contributed by atoms with Gasteiger partial charge in [-0.2, -0.15) is 0 Å². The van der Waals surface area contributed by atoms with Gasteiger partial charge >= 0.3 is 17.9 Å². The van der Waals surface area contributed by atoms with Crippen LogP contribution in [0.5, 0.6) is 0 Å². The van der Waals surface area contributed by atoms with Gasteiger partial charge in [0.25, 0.3) is 0 Å². The summed E-state index contributed by atoms with van der Waals surface area (Å²) in [6.45, 7) is 6.39. The summed E-state index contributed by atoms with van der Waals surface area (Å²) in [5.74, 6) is -0.981. The summed E-state index contributed by atoms with van der Waals surface area (Å²) in [6.07, 6.45) is 60.0. The molecule has 0 bridgehead atoms. The van der Waals surface area contributed by atoms with E-state index in [0.717, 1.165) is 103 Å². The first-order valence-corrected chi connectivity index (χ1v) is 24.1. The molecule has 1 atom stereocenters. The Morgan fingerprint density at radius 1 is 0.356 bits per heavy atom. The Bertz CT molecular complexity index is 1170. The molecule has 0 amide bonds. The van der Waals surface area contributed by atoms with Gasteiger partial charge in [-0.25, -0.2) is 0 Å². The number of hydrogen-bond donors (Lipinski definition) is 0. The lowest BCUT2D eigenvalue weighted by molar-refractivity contribution is -0.167. The van der Waals surface area contributed by atoms with Gasteiger partial charge < -0.3 is 14.2 Å². The molecule has 0 radical (unpaired) electrons. The lowest BCUT2D eigenvalue weighted by Crippen LogP contribution is -2.30. The van der Waals surface area contributed by atoms with Crippen LogP contribution in [0, 0.1) is 0 Å². The second-order valence-electron chi connectivity index (χ2n) is 15.6. The zero-order valence-electron chi connectivity index (χ0n) is 38.2. The van der Waals surface area contributed by atoms with E-state index in [2.05, 4.69) is 106 Å². The monoisotopic (exact) mass is 821 g/mol. The van der Waals surface area contributed by atoms with Crippen LogP contribution in [0.1, 0.15) is 213 Å². The number of rotatable bonds is 42. The lowest BCUT2D eigenvalue weighted by atomic mass is 10.1. The van der Waals surface area contributed by atoms with E-state index in [1.165, 1.54) is 64.2 Å². The van der Waals surface area contributed by atoms with Gasteiger partial charge in [0.2, 0.25) is 0 Å². The Hall–Kier alpha value is -3.41. The smallest absolute Gasteiger partial charge is 0.306 e. The van der Waals surface area contributed by atoms with Crippen molar-refractivity contribution in [3.63, 3.8) is 0 Å². The minimum Gasteiger partial charge on any atom is -0.462 e. The Labute approximate surface area is 363 Å². The van der Waals surface area contributed by atoms with E-state index in [0.29, 0.717) is 19.3 Å². The quantitative estimate of drug-likeness (QED) is 0.0264. The van der Waals surface area contributed by atoms with Gasteiger partial charge in [-0.3, -0.25) is 14.4 Å². The fourth-order valence-electron chi connectivity index (χ4n) is 6.26. The van der Waals surface area contributed by atoms with E-state index >= 15 is 0 Å². The van der Waals surface area contributed by atoms with Crippen molar-refractivity contribution in [1.29, 1.82) is 0 Å². The standard InChI is InChI=1S/C53H88O6/c1-4-7-10-13-16-19-22-24-26-27-28-30-31-34-37-40-43-46-52(55)58-49-50(48-57-51(54)45-42-39-36-33-21-18-15-12-9-6-3)59-53(56)47-44-41-38-35-32-29-25-23-20-17-14-11-8-5-2/h7,10,14,16-17,19,23-26,28,30,34,37,50H,4-6,8-9,11-13,15,18,20-22,27,29,31-33,35-36,38-49H2,1-3H3/b10-7-,17-14-,19-16-,25-23-,26-24-,30-28-,37-34-. The first-order chi connectivity index (χ1) is 29.0. The Morgan fingerprint density at radius 2 is 0.695 bits per heavy atom. The molecule has 336 valence electrons. The predicted molar refractivity (Wildman–Crippen MR) is 251 cm³/mol. The molecule has 0 fully saturated rings. The molecule has 59 heavy (non-hydrogen) atoms. The third-order valence-electron chi connectivity index (χ3n) is 9.88. The van der Waals surface area contributed by atoms with Crippen molar-refractivity contribution in [3.05, 3.63) is 85.1 Å². The van der Waals surface area contributed by atoms with Crippen LogP contribution in [0.25, 0.3) is 0 Å². The Balaban J connectivity index is 4.49. The van der Waals surface area contributed by atoms with Gasteiger partial charge in [0.15, 0.2) is 6.10 Å². The van der Waals surface area contributed by atoms with Crippen molar-refractivity contribution in [1.82, 2.24) is 0 Å². The summed E-state index contributed by atoms with van der Waals surface area (Å²) in [5, 5.41) is 0. The number of hydrogen-bond acceptors (Lipinski definition) is 6. The number of esters is 3. The molecule has 0 saturated carbocycles. The average molecular weight is 821 g/mol. The molecule has 6 heteroatoms. The van der Waals surface area contributed by atoms with Crippen LogP contribution in [0.15, 0.2) is 85.1 Å². The molecule has 0 spiro atoms. The molecule has 0 saturated heterocycles. The fourth-order valence-corrected chi connectivity index (χ4v) is 6.26. The van der Waals surface area contributed by atoms with Crippen molar-refractivity contribution in [2.75, 3.05) is 13.2 Å². The second kappa shape index (κ2) is 47.3. The molecule has 0 aliphatic carbocycles. The van der Waals surface area contributed by atoms with Gasteiger partial charge in [-0.15, -0.1) is 0 Å². The number of ether oxygens (including phenoxy) is 3. The molecule has 0 rings (SSSR count). The van der Waals surface area contributed by atoms with E-state index < -0.39 is 6.10 Å². The van der Waals surface area contributed by atoms with Crippen LogP contribution in [-0.4, -0.2) is 37.2 Å². The molecule has 6 nitrogen and oxygen atoms in total. The summed E-state index contributed by atoms with van der Waals surface area (Å²) in [6, 6.07) is 0. The number of carbonyl (C=O) groups excluding carboxylic acids is 3. The highest BCUT2D eigenvalue weighted by Crippen LogP contribution is 2.13. The lowest BCUT2D eigenvalue weighted by Gasteiger charge is -2.18. The Kier molecular flexibility index (Phi) is 44.5. The van der Waals surface area contributed by atoms with E-state index in [-0.39, 0.29) is 37.5 Å². The maximum absolute atomic E-state index is 12.7. The number of allylic oxidation sites excluding steroid dienone is 14. The molecule has 0 aromatic rings. The minimum atomic E-state index is -0.803. The molecular formula is C53H88O6. The second-order valence-corrected chi connectivity index (χ2v) is 15.6. The van der Waals surface area contributed by atoms with Gasteiger partial charge in [0.1, 0.15) is 13.2 Å². The largest absolute Gasteiger partial charge is 0.462 e. The van der Waals surface area contributed by atoms with Crippen LogP contribution >= 0.6 is 0 Å². The normalized spacial score (nSPS) is 12.8. The molecule has 1 unspecified atom stereocenters. The molecule has 0 aromatic heterocycles. The third-order valence-corrected chi connectivity index (χ3v) is 9.88. The summed E-state index contributed by atoms with van der Waals surface area (Å²) in [5.41, 5.74) is 0. The first kappa shape index (κ1) is 55.6. The SMILES string of the molecule is CC/C=C\C/C=C\C/C=C\C/C=C\C/C=C\CCCC(=O)OCC(COC(=O)CCCCCCCCCCCC)OC(=O)CCCCCCC/C=C\C/C=C\CCCC. The van der Waals surface area contributed by atoms with E-state index in [1.807, 2.05) is 0 Å². The Morgan fingerprint density at radius 3 is 1.15 bits per heavy atom. The van der Waals surface area contributed by atoms with Crippen molar-refractivity contribution < 1.29 is 28.6 Å². The van der Waals surface area contributed by atoms with Gasteiger partial charge in [0.05, 0.1) is 0 Å². The van der Waals surface area contributed by atoms with Crippen LogP contribution in [-0.2, 0) is 28.6 Å². The molecule has 0 heterocycles. The van der Waals surface area contributed by atoms with E-state index in [9.17, 15) is 14.4 Å². The van der Waals surface area contributed by atoms with Crippen LogP contribution in [0.3, 0.4) is 0 Å². The van der Waals surface area contributed by atoms with Crippen molar-refractivity contribution in [3.8, 4) is 0 Å². The van der Waals surface area contributed by atoms with E-state index in [4.69, 9.17) is 14.2 Å². The topological polar surface area (TPSA) is 78.9 Å². The highest BCUT2D eigenvalue weighted by Gasteiger charge is 2.19. The van der Waals surface area contributed by atoms with Crippen molar-refractivity contribution in [2.24, 2.45) is 0 Å². The van der Waals surface area contributed by atoms with Gasteiger partial charge in [0, 0.05) is 19.3 Å². The molecule has 0 N–H and O–H groups in total. The van der Waals surface area contributed by atoms with Gasteiger partial charge in [-0.1, -0.05) is 196 Å². The zero-order valence-corrected chi connectivity index (χ0v) is 38.2. The first-order valence-electron chi connectivity index (χ1n) is 24.1.